The quantitative estimate of drug-likeness (QED) is 0.414. The number of thiazole rings is 1. The van der Waals surface area contributed by atoms with E-state index in [0.717, 1.165) is 39.5 Å². The molecule has 0 bridgehead atoms. The summed E-state index contributed by atoms with van der Waals surface area (Å²) in [6.45, 7) is 2.06. The fourth-order valence-corrected chi connectivity index (χ4v) is 5.62. The molecular weight excluding hydrogens is 416 g/mol. The van der Waals surface area contributed by atoms with Gasteiger partial charge in [-0.2, -0.15) is 0 Å². The zero-order chi connectivity index (χ0) is 17.8. The maximum Gasteiger partial charge on any atom is 0.104 e. The first kappa shape index (κ1) is 17.6. The average molecular weight is 429 g/mol. The molecule has 6 heteroatoms. The fourth-order valence-electron chi connectivity index (χ4n) is 3.18. The lowest BCUT2D eigenvalue weighted by Crippen LogP contribution is -2.10. The lowest BCUT2D eigenvalue weighted by atomic mass is 9.96. The summed E-state index contributed by atoms with van der Waals surface area (Å²) in [4.78, 5) is 6.06. The van der Waals surface area contributed by atoms with Crippen LogP contribution in [0, 0.1) is 6.92 Å². The number of nitrogens with zero attached hydrogens (tertiary/aromatic N) is 1. The van der Waals surface area contributed by atoms with E-state index in [1.807, 2.05) is 30.3 Å². The van der Waals surface area contributed by atoms with Crippen LogP contribution < -0.4 is 0 Å². The smallest absolute Gasteiger partial charge is 0.104 e. The fraction of sp³-hybridized carbons (Fsp3) is 0.211. The molecule has 4 rings (SSSR count). The second kappa shape index (κ2) is 6.44. The Hall–Kier alpha value is -0.770. The van der Waals surface area contributed by atoms with Crippen molar-refractivity contribution in [1.82, 2.24) is 4.98 Å². The van der Waals surface area contributed by atoms with Crippen molar-refractivity contribution in [2.45, 2.75) is 25.2 Å². The first-order chi connectivity index (χ1) is 11.9. The monoisotopic (exact) mass is 427 g/mol. The molecule has 0 N–H and O–H groups in total. The van der Waals surface area contributed by atoms with E-state index in [0.29, 0.717) is 20.1 Å². The number of benzene rings is 2. The Labute approximate surface area is 170 Å². The first-order valence-corrected chi connectivity index (χ1v) is 10.1. The van der Waals surface area contributed by atoms with Crippen LogP contribution in [0.1, 0.15) is 28.3 Å². The molecule has 1 nitrogen and oxygen atoms in total. The Bertz CT molecular complexity index is 955. The van der Waals surface area contributed by atoms with Crippen LogP contribution in [0.4, 0.5) is 0 Å². The molecule has 1 fully saturated rings. The molecule has 0 saturated heterocycles. The van der Waals surface area contributed by atoms with Crippen LogP contribution in [0.5, 0.6) is 0 Å². The van der Waals surface area contributed by atoms with E-state index in [1.54, 1.807) is 17.4 Å². The Morgan fingerprint density at radius 1 is 0.960 bits per heavy atom. The van der Waals surface area contributed by atoms with Gasteiger partial charge in [-0.15, -0.1) is 11.3 Å². The lowest BCUT2D eigenvalue weighted by molar-refractivity contribution is 0.835. The van der Waals surface area contributed by atoms with E-state index in [-0.39, 0.29) is 5.41 Å². The largest absolute Gasteiger partial charge is 0.240 e. The summed E-state index contributed by atoms with van der Waals surface area (Å²) < 4.78 is 0. The molecule has 1 heterocycles. The number of hydrogen-bond donors (Lipinski definition) is 0. The van der Waals surface area contributed by atoms with Gasteiger partial charge in [0.1, 0.15) is 5.01 Å². The minimum Gasteiger partial charge on any atom is -0.240 e. The SMILES string of the molecule is Cc1sc(C2(c3c(Cl)cccc3Cl)CC2)nc1-c1ccc(Cl)cc1Cl. The van der Waals surface area contributed by atoms with E-state index >= 15 is 0 Å². The van der Waals surface area contributed by atoms with Crippen molar-refractivity contribution >= 4 is 57.7 Å². The first-order valence-electron chi connectivity index (χ1n) is 7.80. The molecule has 1 aliphatic rings. The third-order valence-corrected chi connectivity index (χ3v) is 6.94. The zero-order valence-corrected chi connectivity index (χ0v) is 17.1. The Morgan fingerprint density at radius 3 is 2.24 bits per heavy atom. The van der Waals surface area contributed by atoms with Gasteiger partial charge in [-0.1, -0.05) is 52.5 Å². The van der Waals surface area contributed by atoms with E-state index in [9.17, 15) is 0 Å². The summed E-state index contributed by atoms with van der Waals surface area (Å²) >= 11 is 27.0. The Morgan fingerprint density at radius 2 is 1.64 bits per heavy atom. The van der Waals surface area contributed by atoms with Gasteiger partial charge in [-0.05, 0) is 50.1 Å². The van der Waals surface area contributed by atoms with Crippen molar-refractivity contribution in [2.75, 3.05) is 0 Å². The highest BCUT2D eigenvalue weighted by Gasteiger charge is 2.51. The van der Waals surface area contributed by atoms with Crippen molar-refractivity contribution in [1.29, 1.82) is 0 Å². The molecule has 0 spiro atoms. The molecular formula is C19H13Cl4NS. The molecule has 0 unspecified atom stereocenters. The second-order valence-electron chi connectivity index (χ2n) is 6.23. The highest BCUT2D eigenvalue weighted by molar-refractivity contribution is 7.12. The normalized spacial score (nSPS) is 15.4. The van der Waals surface area contributed by atoms with Crippen LogP contribution in [0.15, 0.2) is 36.4 Å². The second-order valence-corrected chi connectivity index (χ2v) is 9.09. The highest BCUT2D eigenvalue weighted by atomic mass is 35.5. The maximum atomic E-state index is 6.47. The number of hydrogen-bond acceptors (Lipinski definition) is 2. The molecule has 1 aliphatic carbocycles. The minimum absolute atomic E-state index is 0.179. The van der Waals surface area contributed by atoms with Crippen LogP contribution in [0.25, 0.3) is 11.3 Å². The van der Waals surface area contributed by atoms with Gasteiger partial charge in [-0.3, -0.25) is 0 Å². The Kier molecular flexibility index (Phi) is 4.54. The number of aryl methyl sites for hydroxylation is 1. The third kappa shape index (κ3) is 2.98. The van der Waals surface area contributed by atoms with Crippen LogP contribution in [-0.4, -0.2) is 4.98 Å². The van der Waals surface area contributed by atoms with Crippen molar-refractivity contribution in [2.24, 2.45) is 0 Å². The molecule has 0 atom stereocenters. The van der Waals surface area contributed by atoms with Gasteiger partial charge in [0.05, 0.1) is 16.1 Å². The molecule has 0 amide bonds. The van der Waals surface area contributed by atoms with Crippen LogP contribution in [0.2, 0.25) is 20.1 Å². The van der Waals surface area contributed by atoms with Gasteiger partial charge in [0.15, 0.2) is 0 Å². The van der Waals surface area contributed by atoms with Crippen molar-refractivity contribution in [3.05, 3.63) is 71.9 Å². The molecule has 25 heavy (non-hydrogen) atoms. The molecule has 2 aromatic carbocycles. The number of halogens is 4. The highest BCUT2D eigenvalue weighted by Crippen LogP contribution is 2.58. The van der Waals surface area contributed by atoms with Gasteiger partial charge >= 0.3 is 0 Å². The summed E-state index contributed by atoms with van der Waals surface area (Å²) in [5.41, 5.74) is 2.60. The minimum atomic E-state index is -0.179. The van der Waals surface area contributed by atoms with Gasteiger partial charge in [0, 0.05) is 31.1 Å². The Balaban J connectivity index is 1.83. The standard InChI is InChI=1S/C19H13Cl4NS/c1-10-17(12-6-5-11(20)9-15(12)23)24-18(25-10)19(7-8-19)16-13(21)3-2-4-14(16)22/h2-6,9H,7-8H2,1H3. The van der Waals surface area contributed by atoms with Gasteiger partial charge in [0.25, 0.3) is 0 Å². The van der Waals surface area contributed by atoms with E-state index in [1.165, 1.54) is 0 Å². The van der Waals surface area contributed by atoms with Gasteiger partial charge in [-0.25, -0.2) is 4.98 Å². The molecule has 0 aliphatic heterocycles. The summed E-state index contributed by atoms with van der Waals surface area (Å²) in [5, 5.41) is 3.66. The molecule has 0 radical (unpaired) electrons. The third-order valence-electron chi connectivity index (χ3n) is 4.58. The van der Waals surface area contributed by atoms with Crippen LogP contribution in [0.3, 0.4) is 0 Å². The topological polar surface area (TPSA) is 12.9 Å². The van der Waals surface area contributed by atoms with Crippen molar-refractivity contribution < 1.29 is 0 Å². The summed E-state index contributed by atoms with van der Waals surface area (Å²) in [5.74, 6) is 0. The molecule has 3 aromatic rings. The van der Waals surface area contributed by atoms with Crippen LogP contribution >= 0.6 is 57.7 Å². The predicted octanol–water partition coefficient (Wildman–Crippen LogP) is 7.81. The van der Waals surface area contributed by atoms with E-state index < -0.39 is 0 Å². The van der Waals surface area contributed by atoms with E-state index in [4.69, 9.17) is 51.4 Å². The van der Waals surface area contributed by atoms with Crippen LogP contribution in [-0.2, 0) is 5.41 Å². The maximum absolute atomic E-state index is 6.47. The predicted molar refractivity (Wildman–Crippen MR) is 109 cm³/mol. The number of aromatic nitrogens is 1. The van der Waals surface area contributed by atoms with Crippen molar-refractivity contribution in [3.8, 4) is 11.3 Å². The van der Waals surface area contributed by atoms with Gasteiger partial charge in [0.2, 0.25) is 0 Å². The zero-order valence-electron chi connectivity index (χ0n) is 13.2. The van der Waals surface area contributed by atoms with Gasteiger partial charge < -0.3 is 0 Å². The molecule has 128 valence electrons. The summed E-state index contributed by atoms with van der Waals surface area (Å²) in [6.07, 6.45) is 1.99. The average Bonchev–Trinajstić information content (AvgIpc) is 3.24. The molecule has 1 aromatic heterocycles. The van der Waals surface area contributed by atoms with Crippen molar-refractivity contribution in [3.63, 3.8) is 0 Å². The number of rotatable bonds is 3. The molecule has 1 saturated carbocycles. The summed E-state index contributed by atoms with van der Waals surface area (Å²) in [7, 11) is 0. The summed E-state index contributed by atoms with van der Waals surface area (Å²) in [6, 6.07) is 11.1. The lowest BCUT2D eigenvalue weighted by Gasteiger charge is -2.16. The van der Waals surface area contributed by atoms with E-state index in [2.05, 4.69) is 6.92 Å².